The van der Waals surface area contributed by atoms with Gasteiger partial charge in [0, 0.05) is 33.6 Å². The van der Waals surface area contributed by atoms with Gasteiger partial charge >= 0.3 is 0 Å². The van der Waals surface area contributed by atoms with Gasteiger partial charge in [-0.15, -0.1) is 0 Å². The van der Waals surface area contributed by atoms with E-state index in [2.05, 4.69) is 9.74 Å². The molecule has 0 unspecified atom stereocenters. The molecule has 0 fully saturated rings. The topological polar surface area (TPSA) is 82.4 Å². The number of para-hydroxylation sites is 4. The first-order valence-corrected chi connectivity index (χ1v) is 16.9. The van der Waals surface area contributed by atoms with E-state index in [4.69, 9.17) is 6.57 Å². The quantitative estimate of drug-likeness (QED) is 0.128. The fourth-order valence-corrected chi connectivity index (χ4v) is 7.38. The molecule has 250 valence electrons. The van der Waals surface area contributed by atoms with Crippen LogP contribution in [-0.2, 0) is 0 Å². The number of imide groups is 2. The highest BCUT2D eigenvalue weighted by atomic mass is 16.2. The maximum Gasteiger partial charge on any atom is 0.266 e. The summed E-state index contributed by atoms with van der Waals surface area (Å²) >= 11 is 0. The molecule has 0 radical (unpaired) electrons. The van der Waals surface area contributed by atoms with Gasteiger partial charge in [0.15, 0.2) is 0 Å². The average Bonchev–Trinajstić information content (AvgIpc) is 3.21. The van der Waals surface area contributed by atoms with Crippen molar-refractivity contribution in [1.82, 2.24) is 0 Å². The van der Waals surface area contributed by atoms with Crippen LogP contribution in [0.4, 0.5) is 34.1 Å². The number of benzene rings is 7. The van der Waals surface area contributed by atoms with Crippen molar-refractivity contribution in [2.75, 3.05) is 14.7 Å². The Hall–Kier alpha value is -7.63. The molecular weight excluding hydrogens is 661 g/mol. The summed E-state index contributed by atoms with van der Waals surface area (Å²) in [6.07, 6.45) is 0. The molecule has 0 N–H and O–H groups in total. The number of nitrogens with zero attached hydrogens (tertiary/aromatic N) is 4. The van der Waals surface area contributed by atoms with Crippen molar-refractivity contribution in [1.29, 1.82) is 0 Å². The van der Waals surface area contributed by atoms with Crippen LogP contribution in [0.15, 0.2) is 158 Å². The summed E-state index contributed by atoms with van der Waals surface area (Å²) < 4.78 is 0. The lowest BCUT2D eigenvalue weighted by Crippen LogP contribution is -2.43. The molecule has 0 spiro atoms. The second-order valence-electron chi connectivity index (χ2n) is 12.6. The van der Waals surface area contributed by atoms with Gasteiger partial charge in [0.1, 0.15) is 0 Å². The Morgan fingerprint density at radius 1 is 0.434 bits per heavy atom. The molecule has 8 heteroatoms. The molecule has 2 heterocycles. The van der Waals surface area contributed by atoms with Crippen molar-refractivity contribution >= 4 is 68.5 Å². The van der Waals surface area contributed by atoms with Crippen LogP contribution < -0.4 is 14.7 Å². The number of hydrogen-bond acceptors (Lipinski definition) is 5. The normalized spacial score (nSPS) is 13.3. The van der Waals surface area contributed by atoms with Gasteiger partial charge in [-0.25, -0.2) is 14.6 Å². The van der Waals surface area contributed by atoms with E-state index in [-0.39, 0.29) is 38.7 Å². The molecule has 9 rings (SSSR count). The van der Waals surface area contributed by atoms with Gasteiger partial charge in [0.25, 0.3) is 23.6 Å². The predicted octanol–water partition coefficient (Wildman–Crippen LogP) is 10.1. The Labute approximate surface area is 304 Å². The highest BCUT2D eigenvalue weighted by Gasteiger charge is 2.43. The van der Waals surface area contributed by atoms with Gasteiger partial charge in [0.05, 0.1) is 29.1 Å². The Balaban J connectivity index is 1.31. The van der Waals surface area contributed by atoms with Gasteiger partial charge in [-0.05, 0) is 89.3 Å². The van der Waals surface area contributed by atoms with E-state index in [9.17, 15) is 19.2 Å². The van der Waals surface area contributed by atoms with Crippen LogP contribution in [0.2, 0.25) is 0 Å². The van der Waals surface area contributed by atoms with Gasteiger partial charge in [-0.1, -0.05) is 84.9 Å². The van der Waals surface area contributed by atoms with E-state index in [1.54, 1.807) is 66.7 Å². The molecule has 0 bridgehead atoms. The number of carbonyl (C=O) groups is 4. The fraction of sp³-hybridized carbons (Fsp3) is 0. The van der Waals surface area contributed by atoms with Crippen LogP contribution in [-0.4, -0.2) is 23.6 Å². The molecule has 0 aliphatic carbocycles. The molecule has 0 saturated heterocycles. The minimum Gasteiger partial charge on any atom is -0.311 e. The zero-order valence-electron chi connectivity index (χ0n) is 27.9. The van der Waals surface area contributed by atoms with Crippen molar-refractivity contribution in [2.45, 2.75) is 0 Å². The monoisotopic (exact) mass is 686 g/mol. The van der Waals surface area contributed by atoms with Crippen LogP contribution in [0.25, 0.3) is 26.7 Å². The lowest BCUT2D eigenvalue weighted by atomic mass is 9.81. The molecule has 8 nitrogen and oxygen atoms in total. The third kappa shape index (κ3) is 4.83. The summed E-state index contributed by atoms with van der Waals surface area (Å²) in [7, 11) is 0. The van der Waals surface area contributed by atoms with E-state index in [0.29, 0.717) is 22.5 Å². The van der Waals surface area contributed by atoms with Crippen molar-refractivity contribution < 1.29 is 19.2 Å². The smallest absolute Gasteiger partial charge is 0.266 e. The zero-order valence-corrected chi connectivity index (χ0v) is 27.9. The zero-order chi connectivity index (χ0) is 36.2. The minimum absolute atomic E-state index is 0.0181. The molecular formula is C45H26N4O4. The number of hydrogen-bond donors (Lipinski definition) is 0. The van der Waals surface area contributed by atoms with Crippen LogP contribution in [0.1, 0.15) is 41.4 Å². The Bertz CT molecular complexity index is 2650. The number of amides is 4. The predicted molar refractivity (Wildman–Crippen MR) is 205 cm³/mol. The second kappa shape index (κ2) is 12.3. The van der Waals surface area contributed by atoms with Gasteiger partial charge < -0.3 is 4.90 Å². The first kappa shape index (κ1) is 31.4. The highest BCUT2D eigenvalue weighted by molar-refractivity contribution is 6.44. The molecule has 0 aromatic heterocycles. The standard InChI is InChI=1S/C45H26N4O4/c1-46-37-27-36-38-39-35(42(50)49(45(53)41(37)39)32-20-12-5-13-21-32)26-34(40(38)44(52)48(43(36)51)31-18-10-4-11-19-31)28-22-24-33(25-23-28)47(29-14-6-2-7-15-29)30-16-8-3-9-17-30/h2-27H. The van der Waals surface area contributed by atoms with Crippen LogP contribution in [0, 0.1) is 6.57 Å². The third-order valence-corrected chi connectivity index (χ3v) is 9.70. The molecule has 0 saturated carbocycles. The number of anilines is 5. The lowest BCUT2D eigenvalue weighted by molar-refractivity contribution is 0.0873. The number of carbonyl (C=O) groups excluding carboxylic acids is 4. The molecule has 2 aliphatic heterocycles. The summed E-state index contributed by atoms with van der Waals surface area (Å²) in [6, 6.07) is 47.7. The third-order valence-electron chi connectivity index (χ3n) is 9.70. The average molecular weight is 687 g/mol. The first-order valence-electron chi connectivity index (χ1n) is 16.9. The first-order chi connectivity index (χ1) is 26.0. The van der Waals surface area contributed by atoms with E-state index in [1.807, 2.05) is 84.9 Å². The van der Waals surface area contributed by atoms with Crippen LogP contribution in [0.5, 0.6) is 0 Å². The van der Waals surface area contributed by atoms with Crippen LogP contribution >= 0.6 is 0 Å². The summed E-state index contributed by atoms with van der Waals surface area (Å²) in [5.74, 6) is -2.55. The molecule has 0 atom stereocenters. The second-order valence-corrected chi connectivity index (χ2v) is 12.6. The van der Waals surface area contributed by atoms with Crippen molar-refractivity contribution in [3.05, 3.63) is 191 Å². The molecule has 7 aromatic carbocycles. The van der Waals surface area contributed by atoms with E-state index in [1.165, 1.54) is 6.07 Å². The van der Waals surface area contributed by atoms with Crippen LogP contribution in [0.3, 0.4) is 0 Å². The summed E-state index contributed by atoms with van der Waals surface area (Å²) in [5, 5.41) is 0.329. The largest absolute Gasteiger partial charge is 0.311 e. The summed E-state index contributed by atoms with van der Waals surface area (Å²) in [6.45, 7) is 8.06. The van der Waals surface area contributed by atoms with Gasteiger partial charge in [0.2, 0.25) is 5.69 Å². The van der Waals surface area contributed by atoms with Gasteiger partial charge in [-0.2, -0.15) is 0 Å². The van der Waals surface area contributed by atoms with Crippen molar-refractivity contribution in [3.8, 4) is 11.1 Å². The Morgan fingerprint density at radius 2 is 0.849 bits per heavy atom. The lowest BCUT2D eigenvalue weighted by Gasteiger charge is -2.34. The van der Waals surface area contributed by atoms with Crippen molar-refractivity contribution in [2.24, 2.45) is 0 Å². The fourth-order valence-electron chi connectivity index (χ4n) is 7.38. The van der Waals surface area contributed by atoms with E-state index >= 15 is 0 Å². The maximum absolute atomic E-state index is 14.7. The Morgan fingerprint density at radius 3 is 1.34 bits per heavy atom. The van der Waals surface area contributed by atoms with Crippen molar-refractivity contribution in [3.63, 3.8) is 0 Å². The Kier molecular flexibility index (Phi) is 7.28. The molecule has 2 aliphatic rings. The molecule has 53 heavy (non-hydrogen) atoms. The minimum atomic E-state index is -0.693. The highest BCUT2D eigenvalue weighted by Crippen LogP contribution is 2.47. The summed E-state index contributed by atoms with van der Waals surface area (Å²) in [5.41, 5.74) is 4.77. The van der Waals surface area contributed by atoms with E-state index < -0.39 is 23.6 Å². The maximum atomic E-state index is 14.7. The molecule has 7 aromatic rings. The van der Waals surface area contributed by atoms with Gasteiger partial charge in [-0.3, -0.25) is 19.2 Å². The summed E-state index contributed by atoms with van der Waals surface area (Å²) in [4.78, 5) is 65.7. The number of rotatable bonds is 6. The van der Waals surface area contributed by atoms with E-state index in [0.717, 1.165) is 26.9 Å². The SMILES string of the molecule is [C-]#[N+]c1cc2c3c(c(-c4ccc(N(c5ccccc5)c5ccccc5)cc4)cc4c3c1C(=O)N(c1ccccc1)C4=O)C(=O)N(c1ccccc1)C2=O. The molecule has 4 amide bonds.